The van der Waals surface area contributed by atoms with Gasteiger partial charge in [0.2, 0.25) is 0 Å². The number of fused-ring (bicyclic) bond motifs is 1. The molecule has 1 unspecified atom stereocenters. The molecule has 106 valence electrons. The summed E-state index contributed by atoms with van der Waals surface area (Å²) in [6.07, 6.45) is 4.14. The van der Waals surface area contributed by atoms with Crippen LogP contribution in [0.25, 0.3) is 0 Å². The number of nitriles is 1. The molecule has 0 radical (unpaired) electrons. The minimum atomic E-state index is -0.612. The van der Waals surface area contributed by atoms with Crippen LogP contribution in [0.3, 0.4) is 0 Å². The number of hydrogen-bond donors (Lipinski definition) is 1. The topological polar surface area (TPSA) is 35.8 Å². The van der Waals surface area contributed by atoms with Gasteiger partial charge in [-0.2, -0.15) is 5.26 Å². The van der Waals surface area contributed by atoms with Crippen LogP contribution in [0.4, 0.5) is 5.69 Å². The molecule has 0 spiro atoms. The Balaban J connectivity index is 2.08. The van der Waals surface area contributed by atoms with Gasteiger partial charge in [0.1, 0.15) is 0 Å². The van der Waals surface area contributed by atoms with Crippen LogP contribution < -0.4 is 5.32 Å². The maximum atomic E-state index is 9.95. The van der Waals surface area contributed by atoms with Crippen LogP contribution in [0, 0.1) is 18.3 Å². The Hall–Kier alpha value is -2.27. The van der Waals surface area contributed by atoms with Crippen LogP contribution in [-0.4, -0.2) is 0 Å². The minimum Gasteiger partial charge on any atom is -0.363 e. The van der Waals surface area contributed by atoms with Crippen molar-refractivity contribution in [3.05, 3.63) is 65.2 Å². The molecule has 2 aromatic carbocycles. The summed E-state index contributed by atoms with van der Waals surface area (Å²) in [4.78, 5) is 0. The second-order valence-corrected chi connectivity index (χ2v) is 5.82. The summed E-state index contributed by atoms with van der Waals surface area (Å²) in [7, 11) is 0. The van der Waals surface area contributed by atoms with Crippen molar-refractivity contribution in [3.63, 3.8) is 0 Å². The molecule has 1 aliphatic carbocycles. The lowest BCUT2D eigenvalue weighted by molar-refractivity contribution is 0.547. The standard InChI is InChI=1S/C19H20N2/c1-15-8-2-5-12-18(15)21-19(14-20)13-7-6-10-16-9-3-4-11-17(16)19/h2-5,8-9,11-12,21H,6-7,10,13H2,1H3. The van der Waals surface area contributed by atoms with Gasteiger partial charge in [0.25, 0.3) is 0 Å². The van der Waals surface area contributed by atoms with Crippen LogP contribution in [0.2, 0.25) is 0 Å². The van der Waals surface area contributed by atoms with E-state index in [0.717, 1.165) is 36.9 Å². The lowest BCUT2D eigenvalue weighted by Gasteiger charge is -2.30. The molecule has 0 amide bonds. The summed E-state index contributed by atoms with van der Waals surface area (Å²) in [6, 6.07) is 19.1. The van der Waals surface area contributed by atoms with Gasteiger partial charge in [-0.15, -0.1) is 0 Å². The second kappa shape index (κ2) is 5.61. The molecule has 2 heteroatoms. The van der Waals surface area contributed by atoms with Crippen LogP contribution in [-0.2, 0) is 12.0 Å². The maximum Gasteiger partial charge on any atom is 0.151 e. The molecule has 0 bridgehead atoms. The first-order valence-electron chi connectivity index (χ1n) is 7.59. The smallest absolute Gasteiger partial charge is 0.151 e. The Bertz CT molecular complexity index is 684. The van der Waals surface area contributed by atoms with Crippen molar-refractivity contribution < 1.29 is 0 Å². The maximum absolute atomic E-state index is 9.95. The summed E-state index contributed by atoms with van der Waals surface area (Å²) in [6.45, 7) is 2.08. The number of anilines is 1. The number of rotatable bonds is 2. The van der Waals surface area contributed by atoms with E-state index in [1.807, 2.05) is 18.2 Å². The van der Waals surface area contributed by atoms with E-state index in [1.54, 1.807) is 0 Å². The van der Waals surface area contributed by atoms with Crippen LogP contribution in [0.5, 0.6) is 0 Å². The Morgan fingerprint density at radius 2 is 1.81 bits per heavy atom. The first-order valence-corrected chi connectivity index (χ1v) is 7.59. The van der Waals surface area contributed by atoms with E-state index in [1.165, 1.54) is 11.1 Å². The van der Waals surface area contributed by atoms with Gasteiger partial charge in [-0.1, -0.05) is 42.5 Å². The van der Waals surface area contributed by atoms with Crippen LogP contribution >= 0.6 is 0 Å². The molecule has 0 saturated heterocycles. The summed E-state index contributed by atoms with van der Waals surface area (Å²) in [5.41, 5.74) is 4.06. The third kappa shape index (κ3) is 2.52. The van der Waals surface area contributed by atoms with Crippen molar-refractivity contribution in [2.24, 2.45) is 0 Å². The zero-order valence-corrected chi connectivity index (χ0v) is 12.4. The average molecular weight is 276 g/mol. The van der Waals surface area contributed by atoms with Crippen molar-refractivity contribution in [1.29, 1.82) is 5.26 Å². The van der Waals surface area contributed by atoms with E-state index in [4.69, 9.17) is 0 Å². The fourth-order valence-electron chi connectivity index (χ4n) is 3.21. The normalized spacial score (nSPS) is 21.0. The van der Waals surface area contributed by atoms with Crippen molar-refractivity contribution in [2.75, 3.05) is 5.32 Å². The molecule has 1 atom stereocenters. The highest BCUT2D eigenvalue weighted by atomic mass is 15.0. The Morgan fingerprint density at radius 1 is 1.05 bits per heavy atom. The predicted molar refractivity (Wildman–Crippen MR) is 86.1 cm³/mol. The third-order valence-corrected chi connectivity index (χ3v) is 4.41. The van der Waals surface area contributed by atoms with E-state index >= 15 is 0 Å². The highest BCUT2D eigenvalue weighted by Gasteiger charge is 2.35. The number of benzene rings is 2. The molecule has 0 heterocycles. The van der Waals surface area contributed by atoms with Crippen molar-refractivity contribution in [3.8, 4) is 6.07 Å². The SMILES string of the molecule is Cc1ccccc1NC1(C#N)CCCCc2ccccc21. The molecule has 1 N–H and O–H groups in total. The molecule has 0 aliphatic heterocycles. The van der Waals surface area contributed by atoms with E-state index < -0.39 is 5.54 Å². The zero-order chi connectivity index (χ0) is 14.7. The number of para-hydroxylation sites is 1. The quantitative estimate of drug-likeness (QED) is 0.817. The molecular formula is C19H20N2. The summed E-state index contributed by atoms with van der Waals surface area (Å²) in [5, 5.41) is 13.5. The van der Waals surface area contributed by atoms with Crippen LogP contribution in [0.15, 0.2) is 48.5 Å². The average Bonchev–Trinajstić information content (AvgIpc) is 2.70. The van der Waals surface area contributed by atoms with E-state index in [-0.39, 0.29) is 0 Å². The fraction of sp³-hybridized carbons (Fsp3) is 0.316. The molecule has 0 saturated carbocycles. The minimum absolute atomic E-state index is 0.612. The molecule has 1 aliphatic rings. The van der Waals surface area contributed by atoms with E-state index in [2.05, 4.69) is 48.6 Å². The molecule has 0 fully saturated rings. The van der Waals surface area contributed by atoms with Gasteiger partial charge in [0, 0.05) is 5.69 Å². The Morgan fingerprint density at radius 3 is 2.62 bits per heavy atom. The molecule has 2 nitrogen and oxygen atoms in total. The number of nitrogens with zero attached hydrogens (tertiary/aromatic N) is 1. The van der Waals surface area contributed by atoms with Crippen molar-refractivity contribution in [1.82, 2.24) is 0 Å². The van der Waals surface area contributed by atoms with Gasteiger partial charge in [0.15, 0.2) is 5.54 Å². The van der Waals surface area contributed by atoms with Crippen molar-refractivity contribution in [2.45, 2.75) is 38.1 Å². The zero-order valence-electron chi connectivity index (χ0n) is 12.4. The lowest BCUT2D eigenvalue weighted by atomic mass is 9.85. The third-order valence-electron chi connectivity index (χ3n) is 4.41. The van der Waals surface area contributed by atoms with Gasteiger partial charge >= 0.3 is 0 Å². The highest BCUT2D eigenvalue weighted by Crippen LogP contribution is 2.37. The Kier molecular flexibility index (Phi) is 3.66. The largest absolute Gasteiger partial charge is 0.363 e. The monoisotopic (exact) mass is 276 g/mol. The second-order valence-electron chi connectivity index (χ2n) is 5.82. The first kappa shape index (κ1) is 13.7. The lowest BCUT2D eigenvalue weighted by Crippen LogP contribution is -2.34. The first-order chi connectivity index (χ1) is 10.2. The van der Waals surface area contributed by atoms with Gasteiger partial charge in [-0.05, 0) is 55.4 Å². The molecule has 0 aromatic heterocycles. The van der Waals surface area contributed by atoms with Gasteiger partial charge < -0.3 is 5.32 Å². The highest BCUT2D eigenvalue weighted by molar-refractivity contribution is 5.57. The van der Waals surface area contributed by atoms with Gasteiger partial charge in [0.05, 0.1) is 6.07 Å². The molecular weight excluding hydrogens is 256 g/mol. The summed E-state index contributed by atoms with van der Waals surface area (Å²) in [5.74, 6) is 0. The fourth-order valence-corrected chi connectivity index (χ4v) is 3.21. The van der Waals surface area contributed by atoms with Crippen LogP contribution in [0.1, 0.15) is 36.0 Å². The molecule has 21 heavy (non-hydrogen) atoms. The summed E-state index contributed by atoms with van der Waals surface area (Å²) >= 11 is 0. The summed E-state index contributed by atoms with van der Waals surface area (Å²) < 4.78 is 0. The Labute approximate surface area is 126 Å². The predicted octanol–water partition coefficient (Wildman–Crippen LogP) is 4.55. The van der Waals surface area contributed by atoms with Crippen molar-refractivity contribution >= 4 is 5.69 Å². The molecule has 3 rings (SSSR count). The number of hydrogen-bond acceptors (Lipinski definition) is 2. The molecule has 2 aromatic rings. The van der Waals surface area contributed by atoms with Gasteiger partial charge in [-0.3, -0.25) is 0 Å². The van der Waals surface area contributed by atoms with E-state index in [9.17, 15) is 5.26 Å². The number of nitrogens with one attached hydrogen (secondary N) is 1. The number of aryl methyl sites for hydroxylation is 2. The van der Waals surface area contributed by atoms with E-state index in [0.29, 0.717) is 0 Å². The van der Waals surface area contributed by atoms with Gasteiger partial charge in [-0.25, -0.2) is 0 Å².